The first-order valence-corrected chi connectivity index (χ1v) is 12.2. The van der Waals surface area contributed by atoms with Crippen molar-refractivity contribution in [1.82, 2.24) is 20.4 Å². The Hall–Kier alpha value is -3.77. The summed E-state index contributed by atoms with van der Waals surface area (Å²) in [7, 11) is 1.48. The van der Waals surface area contributed by atoms with Crippen LogP contribution in [0.15, 0.2) is 48.5 Å². The number of ether oxygens (including phenoxy) is 3. The number of urea groups is 1. The molecule has 1 fully saturated rings. The van der Waals surface area contributed by atoms with Gasteiger partial charge < -0.3 is 24.8 Å². The van der Waals surface area contributed by atoms with Crippen LogP contribution < -0.4 is 25.4 Å². The van der Waals surface area contributed by atoms with Crippen molar-refractivity contribution in [1.29, 1.82) is 0 Å². The van der Waals surface area contributed by atoms with E-state index in [1.165, 1.54) is 25.3 Å². The smallest absolute Gasteiger partial charge is 0.473 e. The van der Waals surface area contributed by atoms with Crippen molar-refractivity contribution in [3.63, 3.8) is 0 Å². The van der Waals surface area contributed by atoms with Gasteiger partial charge in [0, 0.05) is 19.2 Å². The molecule has 0 aliphatic carbocycles. The fourth-order valence-corrected chi connectivity index (χ4v) is 4.14. The standard InChI is InChI=1S/C26H30F3N5O4/c1-17-23(34(20-6-4-3-5-7-20)33-24(17)37-21-10-12-30-13-11-21)32-25(35)31-15-19-14-18(16-36-2)8-9-22(19)38-26(27,28)29/h3-9,14,21,30H,10-13,15-16H2,1-2H3,(H2,31,32,35). The topological polar surface area (TPSA) is 98.7 Å². The number of nitrogens with one attached hydrogen (secondary N) is 3. The molecule has 1 saturated heterocycles. The summed E-state index contributed by atoms with van der Waals surface area (Å²) in [6.07, 6.45) is -3.19. The van der Waals surface area contributed by atoms with Gasteiger partial charge in [-0.3, -0.25) is 5.32 Å². The maximum atomic E-state index is 12.9. The number of hydrogen-bond donors (Lipinski definition) is 3. The molecule has 38 heavy (non-hydrogen) atoms. The lowest BCUT2D eigenvalue weighted by atomic mass is 10.1. The third kappa shape index (κ3) is 7.17. The minimum Gasteiger partial charge on any atom is -0.473 e. The number of rotatable bonds is 9. The van der Waals surface area contributed by atoms with Crippen LogP contribution >= 0.6 is 0 Å². The highest BCUT2D eigenvalue weighted by Gasteiger charge is 2.32. The van der Waals surface area contributed by atoms with Crippen LogP contribution in [0.5, 0.6) is 11.6 Å². The molecule has 0 radical (unpaired) electrons. The van der Waals surface area contributed by atoms with Gasteiger partial charge in [-0.15, -0.1) is 18.3 Å². The van der Waals surface area contributed by atoms with E-state index in [1.807, 2.05) is 30.3 Å². The van der Waals surface area contributed by atoms with Gasteiger partial charge in [0.15, 0.2) is 0 Å². The van der Waals surface area contributed by atoms with Crippen LogP contribution in [0.4, 0.5) is 23.8 Å². The molecular weight excluding hydrogens is 503 g/mol. The number of aromatic nitrogens is 2. The van der Waals surface area contributed by atoms with E-state index >= 15 is 0 Å². The van der Waals surface area contributed by atoms with Crippen LogP contribution in [0.25, 0.3) is 5.69 Å². The molecule has 3 aromatic rings. The summed E-state index contributed by atoms with van der Waals surface area (Å²) >= 11 is 0. The highest BCUT2D eigenvalue weighted by Crippen LogP contribution is 2.30. The quantitative estimate of drug-likeness (QED) is 0.370. The maximum absolute atomic E-state index is 12.9. The normalized spacial score (nSPS) is 14.2. The number of carbonyl (C=O) groups excluding carboxylic acids is 1. The molecule has 204 valence electrons. The summed E-state index contributed by atoms with van der Waals surface area (Å²) in [6, 6.07) is 12.8. The number of hydrogen-bond acceptors (Lipinski definition) is 6. The van der Waals surface area contributed by atoms with Crippen LogP contribution in [0.3, 0.4) is 0 Å². The molecule has 0 atom stereocenters. The van der Waals surface area contributed by atoms with E-state index in [0.29, 0.717) is 28.5 Å². The van der Waals surface area contributed by atoms with Gasteiger partial charge in [-0.2, -0.15) is 0 Å². The average Bonchev–Trinajstić information content (AvgIpc) is 3.19. The van der Waals surface area contributed by atoms with Crippen molar-refractivity contribution in [2.45, 2.75) is 45.4 Å². The number of para-hydroxylation sites is 1. The van der Waals surface area contributed by atoms with Crippen molar-refractivity contribution in [3.05, 3.63) is 65.2 Å². The fourth-order valence-electron chi connectivity index (χ4n) is 4.14. The summed E-state index contributed by atoms with van der Waals surface area (Å²) in [5.41, 5.74) is 2.12. The van der Waals surface area contributed by atoms with Gasteiger partial charge in [-0.1, -0.05) is 24.3 Å². The molecule has 2 aromatic carbocycles. The molecule has 12 heteroatoms. The fraction of sp³-hybridized carbons (Fsp3) is 0.385. The third-order valence-electron chi connectivity index (χ3n) is 5.98. The first kappa shape index (κ1) is 27.3. The van der Waals surface area contributed by atoms with E-state index in [9.17, 15) is 18.0 Å². The Kier molecular flexibility index (Phi) is 8.74. The van der Waals surface area contributed by atoms with Gasteiger partial charge in [-0.25, -0.2) is 9.48 Å². The molecule has 1 aliphatic heterocycles. The predicted molar refractivity (Wildman–Crippen MR) is 135 cm³/mol. The second-order valence-electron chi connectivity index (χ2n) is 8.82. The minimum atomic E-state index is -4.87. The van der Waals surface area contributed by atoms with Gasteiger partial charge in [-0.05, 0) is 62.7 Å². The molecule has 0 saturated carbocycles. The first-order chi connectivity index (χ1) is 18.2. The molecule has 9 nitrogen and oxygen atoms in total. The number of nitrogens with zero attached hydrogens (tertiary/aromatic N) is 2. The number of methoxy groups -OCH3 is 1. The Morgan fingerprint density at radius 3 is 2.58 bits per heavy atom. The Morgan fingerprint density at radius 1 is 1.16 bits per heavy atom. The molecule has 0 unspecified atom stereocenters. The SMILES string of the molecule is COCc1ccc(OC(F)(F)F)c(CNC(=O)Nc2c(C)c(OC3CCNCC3)nn2-c2ccccc2)c1. The largest absolute Gasteiger partial charge is 0.573 e. The molecule has 2 amide bonds. The van der Waals surface area contributed by atoms with Crippen molar-refractivity contribution in [3.8, 4) is 17.3 Å². The van der Waals surface area contributed by atoms with Crippen molar-refractivity contribution in [2.24, 2.45) is 0 Å². The predicted octanol–water partition coefficient (Wildman–Crippen LogP) is 4.68. The molecule has 4 rings (SSSR count). The van der Waals surface area contributed by atoms with Crippen LogP contribution in [-0.2, 0) is 17.9 Å². The van der Waals surface area contributed by atoms with E-state index in [2.05, 4.69) is 25.8 Å². The molecule has 1 aromatic heterocycles. The van der Waals surface area contributed by atoms with Crippen molar-refractivity contribution >= 4 is 11.8 Å². The van der Waals surface area contributed by atoms with E-state index in [-0.39, 0.29) is 24.8 Å². The number of halogens is 3. The highest BCUT2D eigenvalue weighted by atomic mass is 19.4. The van der Waals surface area contributed by atoms with Gasteiger partial charge in [0.05, 0.1) is 17.9 Å². The Labute approximate surface area is 218 Å². The van der Waals surface area contributed by atoms with Crippen LogP contribution in [0.2, 0.25) is 0 Å². The van der Waals surface area contributed by atoms with Gasteiger partial charge in [0.2, 0.25) is 5.88 Å². The molecule has 3 N–H and O–H groups in total. The molecule has 2 heterocycles. The Bertz CT molecular complexity index is 1230. The van der Waals surface area contributed by atoms with Crippen molar-refractivity contribution < 1.29 is 32.2 Å². The molecule has 0 spiro atoms. The summed E-state index contributed by atoms with van der Waals surface area (Å²) in [5, 5.41) is 13.3. The second-order valence-corrected chi connectivity index (χ2v) is 8.82. The summed E-state index contributed by atoms with van der Waals surface area (Å²) in [6.45, 7) is 3.47. The monoisotopic (exact) mass is 533 g/mol. The van der Waals surface area contributed by atoms with E-state index in [1.54, 1.807) is 11.6 Å². The number of piperidine rings is 1. The Balaban J connectivity index is 1.53. The Morgan fingerprint density at radius 2 is 1.89 bits per heavy atom. The number of benzene rings is 2. The average molecular weight is 534 g/mol. The number of alkyl halides is 3. The second kappa shape index (κ2) is 12.2. The lowest BCUT2D eigenvalue weighted by molar-refractivity contribution is -0.274. The number of carbonyl (C=O) groups is 1. The zero-order valence-corrected chi connectivity index (χ0v) is 21.1. The first-order valence-electron chi connectivity index (χ1n) is 12.2. The highest BCUT2D eigenvalue weighted by molar-refractivity contribution is 5.89. The van der Waals surface area contributed by atoms with Gasteiger partial charge in [0.1, 0.15) is 17.7 Å². The van der Waals surface area contributed by atoms with Crippen LogP contribution in [0.1, 0.15) is 29.5 Å². The third-order valence-corrected chi connectivity index (χ3v) is 5.98. The summed E-state index contributed by atoms with van der Waals surface area (Å²) in [4.78, 5) is 12.9. The zero-order chi connectivity index (χ0) is 27.1. The summed E-state index contributed by atoms with van der Waals surface area (Å²) in [5.74, 6) is 0.391. The maximum Gasteiger partial charge on any atom is 0.573 e. The lowest BCUT2D eigenvalue weighted by Gasteiger charge is -2.22. The van der Waals surface area contributed by atoms with E-state index in [4.69, 9.17) is 9.47 Å². The van der Waals surface area contributed by atoms with Gasteiger partial charge in [0.25, 0.3) is 0 Å². The number of amides is 2. The number of anilines is 1. The van der Waals surface area contributed by atoms with E-state index in [0.717, 1.165) is 25.9 Å². The van der Waals surface area contributed by atoms with Crippen LogP contribution in [0, 0.1) is 6.92 Å². The molecular formula is C26H30F3N5O4. The van der Waals surface area contributed by atoms with Crippen LogP contribution in [-0.4, -0.2) is 48.5 Å². The van der Waals surface area contributed by atoms with Crippen molar-refractivity contribution in [2.75, 3.05) is 25.5 Å². The molecule has 1 aliphatic rings. The summed E-state index contributed by atoms with van der Waals surface area (Å²) < 4.78 is 55.7. The molecule has 0 bridgehead atoms. The van der Waals surface area contributed by atoms with E-state index < -0.39 is 18.1 Å². The van der Waals surface area contributed by atoms with Gasteiger partial charge >= 0.3 is 12.4 Å². The lowest BCUT2D eigenvalue weighted by Crippen LogP contribution is -2.34. The minimum absolute atomic E-state index is 0.00202. The zero-order valence-electron chi connectivity index (χ0n) is 21.1.